The maximum Gasteiger partial charge on any atom is 0.227 e. The lowest BCUT2D eigenvalue weighted by atomic mass is 9.94. The highest BCUT2D eigenvalue weighted by atomic mass is 16.2. The molecule has 2 rings (SSSR count). The van der Waals surface area contributed by atoms with Gasteiger partial charge in [-0.1, -0.05) is 25.1 Å². The van der Waals surface area contributed by atoms with Crippen LogP contribution >= 0.6 is 0 Å². The number of nitrogens with zero attached hydrogens (tertiary/aromatic N) is 1. The standard InChI is InChI=1S/C16H24N2O/c1-11-4-5-14(8-12(11)2)9-16(19)18-7-6-15(17)13(3)10-18/h4-5,8,13,15H,6-7,9-10,17H2,1-3H3. The lowest BCUT2D eigenvalue weighted by Gasteiger charge is -2.35. The Morgan fingerprint density at radius 3 is 2.74 bits per heavy atom. The Labute approximate surface area is 115 Å². The molecule has 1 aromatic carbocycles. The summed E-state index contributed by atoms with van der Waals surface area (Å²) in [5.74, 6) is 0.624. The Morgan fingerprint density at radius 2 is 2.11 bits per heavy atom. The molecule has 0 bridgehead atoms. The van der Waals surface area contributed by atoms with Crippen LogP contribution in [0.4, 0.5) is 0 Å². The first-order chi connectivity index (χ1) is 8.97. The fraction of sp³-hybridized carbons (Fsp3) is 0.562. The molecule has 1 amide bonds. The summed E-state index contributed by atoms with van der Waals surface area (Å²) in [7, 11) is 0. The van der Waals surface area contributed by atoms with E-state index in [4.69, 9.17) is 5.73 Å². The zero-order valence-electron chi connectivity index (χ0n) is 12.1. The maximum absolute atomic E-state index is 12.3. The zero-order valence-corrected chi connectivity index (χ0v) is 12.1. The van der Waals surface area contributed by atoms with Gasteiger partial charge in [-0.2, -0.15) is 0 Å². The van der Waals surface area contributed by atoms with E-state index in [2.05, 4.69) is 39.0 Å². The van der Waals surface area contributed by atoms with E-state index in [0.717, 1.165) is 25.1 Å². The Morgan fingerprint density at radius 1 is 1.37 bits per heavy atom. The molecule has 1 heterocycles. The molecule has 0 aromatic heterocycles. The van der Waals surface area contributed by atoms with Gasteiger partial charge in [-0.25, -0.2) is 0 Å². The summed E-state index contributed by atoms with van der Waals surface area (Å²) in [5, 5.41) is 0. The van der Waals surface area contributed by atoms with Crippen LogP contribution in [0.2, 0.25) is 0 Å². The average Bonchev–Trinajstić information content (AvgIpc) is 2.37. The van der Waals surface area contributed by atoms with Crippen molar-refractivity contribution in [2.24, 2.45) is 11.7 Å². The number of benzene rings is 1. The highest BCUT2D eigenvalue weighted by Crippen LogP contribution is 2.17. The third kappa shape index (κ3) is 3.35. The lowest BCUT2D eigenvalue weighted by Crippen LogP contribution is -2.48. The molecule has 104 valence electrons. The molecule has 2 unspecified atom stereocenters. The van der Waals surface area contributed by atoms with Crippen LogP contribution in [0.15, 0.2) is 18.2 Å². The monoisotopic (exact) mass is 260 g/mol. The molecule has 1 fully saturated rings. The number of hydrogen-bond acceptors (Lipinski definition) is 2. The fourth-order valence-electron chi connectivity index (χ4n) is 2.59. The molecule has 0 aliphatic carbocycles. The van der Waals surface area contributed by atoms with E-state index in [0.29, 0.717) is 12.3 Å². The first-order valence-corrected chi connectivity index (χ1v) is 7.07. The summed E-state index contributed by atoms with van der Waals surface area (Å²) >= 11 is 0. The van der Waals surface area contributed by atoms with Crippen molar-refractivity contribution in [1.82, 2.24) is 4.90 Å². The summed E-state index contributed by atoms with van der Waals surface area (Å²) < 4.78 is 0. The molecule has 19 heavy (non-hydrogen) atoms. The summed E-state index contributed by atoms with van der Waals surface area (Å²) in [6.07, 6.45) is 1.42. The fourth-order valence-corrected chi connectivity index (χ4v) is 2.59. The number of nitrogens with two attached hydrogens (primary N) is 1. The Hall–Kier alpha value is -1.35. The number of amides is 1. The van der Waals surface area contributed by atoms with Gasteiger partial charge >= 0.3 is 0 Å². The molecule has 1 aromatic rings. The van der Waals surface area contributed by atoms with Gasteiger partial charge in [-0.3, -0.25) is 4.79 Å². The van der Waals surface area contributed by atoms with Crippen LogP contribution < -0.4 is 5.73 Å². The van der Waals surface area contributed by atoms with E-state index >= 15 is 0 Å². The zero-order chi connectivity index (χ0) is 14.0. The molecule has 0 radical (unpaired) electrons. The van der Waals surface area contributed by atoms with Crippen LogP contribution in [-0.2, 0) is 11.2 Å². The van der Waals surface area contributed by atoms with Gasteiger partial charge in [0.25, 0.3) is 0 Å². The van der Waals surface area contributed by atoms with Crippen molar-refractivity contribution in [3.05, 3.63) is 34.9 Å². The van der Waals surface area contributed by atoms with E-state index in [1.807, 2.05) is 4.90 Å². The van der Waals surface area contributed by atoms with Crippen molar-refractivity contribution in [1.29, 1.82) is 0 Å². The molecule has 0 saturated carbocycles. The smallest absolute Gasteiger partial charge is 0.227 e. The van der Waals surface area contributed by atoms with E-state index in [1.54, 1.807) is 0 Å². The molecule has 1 saturated heterocycles. The number of carbonyl (C=O) groups is 1. The van der Waals surface area contributed by atoms with Crippen LogP contribution in [0.5, 0.6) is 0 Å². The summed E-state index contributed by atoms with van der Waals surface area (Å²) in [6.45, 7) is 7.90. The third-order valence-electron chi connectivity index (χ3n) is 4.25. The van der Waals surface area contributed by atoms with Gasteiger partial charge in [0.1, 0.15) is 0 Å². The molecule has 0 spiro atoms. The van der Waals surface area contributed by atoms with Gasteiger partial charge in [-0.05, 0) is 42.9 Å². The minimum Gasteiger partial charge on any atom is -0.342 e. The van der Waals surface area contributed by atoms with Crippen LogP contribution in [-0.4, -0.2) is 29.9 Å². The van der Waals surface area contributed by atoms with E-state index in [9.17, 15) is 4.79 Å². The first kappa shape index (κ1) is 14.1. The molecule has 3 nitrogen and oxygen atoms in total. The van der Waals surface area contributed by atoms with Gasteiger partial charge in [0.05, 0.1) is 6.42 Å². The molecule has 1 aliphatic heterocycles. The molecule has 1 aliphatic rings. The van der Waals surface area contributed by atoms with Crippen LogP contribution in [0.25, 0.3) is 0 Å². The third-order valence-corrected chi connectivity index (χ3v) is 4.25. The minimum absolute atomic E-state index is 0.224. The Bertz CT molecular complexity index is 470. The van der Waals surface area contributed by atoms with E-state index < -0.39 is 0 Å². The highest BCUT2D eigenvalue weighted by molar-refractivity contribution is 5.79. The van der Waals surface area contributed by atoms with Crippen molar-refractivity contribution < 1.29 is 4.79 Å². The van der Waals surface area contributed by atoms with Gasteiger partial charge < -0.3 is 10.6 Å². The molecule has 2 atom stereocenters. The summed E-state index contributed by atoms with van der Waals surface area (Å²) in [6, 6.07) is 6.50. The number of aryl methyl sites for hydroxylation is 2. The van der Waals surface area contributed by atoms with E-state index in [-0.39, 0.29) is 11.9 Å². The SMILES string of the molecule is Cc1ccc(CC(=O)N2CCC(N)C(C)C2)cc1C. The first-order valence-electron chi connectivity index (χ1n) is 7.07. The second kappa shape index (κ2) is 5.74. The van der Waals surface area contributed by atoms with Crippen molar-refractivity contribution in [2.45, 2.75) is 39.7 Å². The van der Waals surface area contributed by atoms with Crippen molar-refractivity contribution in [3.63, 3.8) is 0 Å². The predicted molar refractivity (Wildman–Crippen MR) is 78.0 cm³/mol. The van der Waals surface area contributed by atoms with Crippen molar-refractivity contribution in [3.8, 4) is 0 Å². The van der Waals surface area contributed by atoms with Gasteiger partial charge in [-0.15, -0.1) is 0 Å². The molecule has 3 heteroatoms. The predicted octanol–water partition coefficient (Wildman–Crippen LogP) is 2.04. The minimum atomic E-state index is 0.224. The Kier molecular flexibility index (Phi) is 4.25. The molecular weight excluding hydrogens is 236 g/mol. The van der Waals surface area contributed by atoms with Crippen LogP contribution in [0.1, 0.15) is 30.0 Å². The van der Waals surface area contributed by atoms with Gasteiger partial charge in [0.15, 0.2) is 0 Å². The highest BCUT2D eigenvalue weighted by Gasteiger charge is 2.26. The largest absolute Gasteiger partial charge is 0.342 e. The number of likely N-dealkylation sites (tertiary alicyclic amines) is 1. The van der Waals surface area contributed by atoms with Crippen molar-refractivity contribution in [2.75, 3.05) is 13.1 Å². The summed E-state index contributed by atoms with van der Waals surface area (Å²) in [4.78, 5) is 14.3. The number of rotatable bonds is 2. The van der Waals surface area contributed by atoms with Crippen molar-refractivity contribution >= 4 is 5.91 Å². The lowest BCUT2D eigenvalue weighted by molar-refractivity contribution is -0.132. The summed E-state index contributed by atoms with van der Waals surface area (Å²) in [5.41, 5.74) is 9.62. The second-order valence-corrected chi connectivity index (χ2v) is 5.86. The normalized spacial score (nSPS) is 23.5. The molecular formula is C16H24N2O. The maximum atomic E-state index is 12.3. The van der Waals surface area contributed by atoms with Gasteiger partial charge in [0.2, 0.25) is 5.91 Å². The molecule has 2 N–H and O–H groups in total. The topological polar surface area (TPSA) is 46.3 Å². The second-order valence-electron chi connectivity index (χ2n) is 5.86. The Balaban J connectivity index is 1.99. The van der Waals surface area contributed by atoms with Gasteiger partial charge in [0, 0.05) is 19.1 Å². The van der Waals surface area contributed by atoms with E-state index in [1.165, 1.54) is 11.1 Å². The average molecular weight is 260 g/mol. The quantitative estimate of drug-likeness (QED) is 0.884. The van der Waals surface area contributed by atoms with Crippen LogP contribution in [0, 0.1) is 19.8 Å². The van der Waals surface area contributed by atoms with Crippen LogP contribution in [0.3, 0.4) is 0 Å². The number of hydrogen-bond donors (Lipinski definition) is 1. The number of carbonyl (C=O) groups excluding carboxylic acids is 1. The number of piperidine rings is 1.